The summed E-state index contributed by atoms with van der Waals surface area (Å²) < 4.78 is 10.7. The van der Waals surface area contributed by atoms with Crippen molar-refractivity contribution in [2.45, 2.75) is 33.2 Å². The number of ether oxygens (including phenoxy) is 2. The molecule has 0 unspecified atom stereocenters. The van der Waals surface area contributed by atoms with Gasteiger partial charge >= 0.3 is 0 Å². The van der Waals surface area contributed by atoms with Gasteiger partial charge in [-0.25, -0.2) is 0 Å². The Morgan fingerprint density at radius 1 is 0.974 bits per heavy atom. The van der Waals surface area contributed by atoms with E-state index in [1.54, 1.807) is 32.4 Å². The third-order valence-electron chi connectivity index (χ3n) is 8.01. The number of carbonyl (C=O) groups is 3. The van der Waals surface area contributed by atoms with Crippen molar-refractivity contribution in [1.82, 2.24) is 14.7 Å². The quantitative estimate of drug-likeness (QED) is 0.407. The molecule has 210 valence electrons. The minimum Gasteiger partial charge on any atom is -0.497 e. The van der Waals surface area contributed by atoms with Crippen LogP contribution >= 0.6 is 0 Å². The van der Waals surface area contributed by atoms with Gasteiger partial charge in [0.25, 0.3) is 11.8 Å². The summed E-state index contributed by atoms with van der Waals surface area (Å²) >= 11 is 0. The Morgan fingerprint density at radius 2 is 1.69 bits per heavy atom. The summed E-state index contributed by atoms with van der Waals surface area (Å²) in [7, 11) is 5.01. The second-order valence-electron chi connectivity index (χ2n) is 10.1. The number of benzene rings is 2. The highest BCUT2D eigenvalue weighted by atomic mass is 16.5. The molecular weight excluding hydrogens is 496 g/mol. The average molecular weight is 537 g/mol. The van der Waals surface area contributed by atoms with Crippen molar-refractivity contribution < 1.29 is 23.9 Å². The summed E-state index contributed by atoms with van der Waals surface area (Å²) in [5, 5.41) is 0. The Balaban J connectivity index is 1.44. The van der Waals surface area contributed by atoms with E-state index in [-0.39, 0.29) is 30.2 Å². The maximum Gasteiger partial charge on any atom is 0.263 e. The van der Waals surface area contributed by atoms with Crippen molar-refractivity contribution in [3.8, 4) is 11.5 Å². The number of amides is 3. The smallest absolute Gasteiger partial charge is 0.263 e. The number of hydrogen-bond donors (Lipinski definition) is 0. The van der Waals surface area contributed by atoms with Crippen LogP contribution in [-0.4, -0.2) is 93.0 Å². The first kappa shape index (κ1) is 28.4. The second-order valence-corrected chi connectivity index (χ2v) is 10.1. The zero-order valence-corrected chi connectivity index (χ0v) is 23.7. The number of imide groups is 1. The number of likely N-dealkylation sites (N-methyl/N-ethyl adjacent to an activating group) is 2. The summed E-state index contributed by atoms with van der Waals surface area (Å²) in [4.78, 5) is 47.6. The van der Waals surface area contributed by atoms with Gasteiger partial charge in [-0.15, -0.1) is 0 Å². The molecule has 0 radical (unpaired) electrons. The minimum absolute atomic E-state index is 0.0314. The van der Waals surface area contributed by atoms with E-state index in [9.17, 15) is 14.4 Å². The highest BCUT2D eigenvalue weighted by molar-refractivity contribution is 6.23. The normalized spacial score (nSPS) is 15.6. The highest BCUT2D eigenvalue weighted by Crippen LogP contribution is 2.36. The molecule has 39 heavy (non-hydrogen) atoms. The molecule has 0 saturated carbocycles. The second kappa shape index (κ2) is 12.5. The Bertz CT molecular complexity index is 1200. The molecule has 2 aromatic carbocycles. The van der Waals surface area contributed by atoms with Crippen molar-refractivity contribution in [3.63, 3.8) is 0 Å². The molecule has 0 atom stereocenters. The highest BCUT2D eigenvalue weighted by Gasteiger charge is 2.39. The molecule has 0 bridgehead atoms. The Labute approximate surface area is 231 Å². The summed E-state index contributed by atoms with van der Waals surface area (Å²) in [6, 6.07) is 10.8. The largest absolute Gasteiger partial charge is 0.497 e. The number of anilines is 1. The van der Waals surface area contributed by atoms with Crippen LogP contribution in [0, 0.1) is 5.92 Å². The van der Waals surface area contributed by atoms with Gasteiger partial charge in [-0.1, -0.05) is 19.9 Å². The van der Waals surface area contributed by atoms with Crippen molar-refractivity contribution in [2.75, 3.05) is 65.4 Å². The van der Waals surface area contributed by atoms with Crippen LogP contribution in [0.3, 0.4) is 0 Å². The van der Waals surface area contributed by atoms with Crippen molar-refractivity contribution >= 4 is 23.4 Å². The van der Waals surface area contributed by atoms with E-state index in [4.69, 9.17) is 9.47 Å². The fourth-order valence-electron chi connectivity index (χ4n) is 5.50. The Kier molecular flexibility index (Phi) is 9.12. The number of rotatable bonds is 11. The molecule has 2 aliphatic rings. The monoisotopic (exact) mass is 536 g/mol. The first-order valence-electron chi connectivity index (χ1n) is 13.7. The first-order valence-corrected chi connectivity index (χ1v) is 13.7. The average Bonchev–Trinajstić information content (AvgIpc) is 3.22. The number of methoxy groups -OCH3 is 2. The van der Waals surface area contributed by atoms with Gasteiger partial charge in [0.15, 0.2) is 0 Å². The van der Waals surface area contributed by atoms with E-state index in [0.717, 1.165) is 37.4 Å². The Morgan fingerprint density at radius 3 is 2.33 bits per heavy atom. The van der Waals surface area contributed by atoms with Crippen LogP contribution in [0.4, 0.5) is 5.69 Å². The van der Waals surface area contributed by atoms with Crippen molar-refractivity contribution in [1.29, 1.82) is 0 Å². The number of nitrogens with zero attached hydrogens (tertiary/aromatic N) is 4. The van der Waals surface area contributed by atoms with Crippen LogP contribution in [0.1, 0.15) is 53.0 Å². The third-order valence-corrected chi connectivity index (χ3v) is 8.01. The fourth-order valence-corrected chi connectivity index (χ4v) is 5.50. The summed E-state index contributed by atoms with van der Waals surface area (Å²) in [5.41, 5.74) is 2.34. The maximum absolute atomic E-state index is 13.6. The molecular formula is C30H40N4O5. The number of fused-ring (bicyclic) bond motifs is 1. The molecule has 0 aromatic heterocycles. The SMILES string of the molecule is CCN(CC)CCN(C)C(=O)C1CCN(c2cccc3c2C(=O)N(Cc2ccc(OC)cc2OC)C3=O)CC1. The van der Waals surface area contributed by atoms with Gasteiger partial charge in [-0.2, -0.15) is 0 Å². The van der Waals surface area contributed by atoms with E-state index in [1.807, 2.05) is 30.1 Å². The molecule has 9 heteroatoms. The molecule has 4 rings (SSSR count). The van der Waals surface area contributed by atoms with Crippen molar-refractivity contribution in [3.05, 3.63) is 53.1 Å². The van der Waals surface area contributed by atoms with Gasteiger partial charge in [-0.3, -0.25) is 19.3 Å². The van der Waals surface area contributed by atoms with Gasteiger partial charge in [-0.05, 0) is 50.2 Å². The van der Waals surface area contributed by atoms with Crippen molar-refractivity contribution in [2.24, 2.45) is 5.92 Å². The lowest BCUT2D eigenvalue weighted by molar-refractivity contribution is -0.135. The summed E-state index contributed by atoms with van der Waals surface area (Å²) in [6.45, 7) is 9.24. The maximum atomic E-state index is 13.6. The molecule has 0 spiro atoms. The fraction of sp³-hybridized carbons (Fsp3) is 0.500. The molecule has 9 nitrogen and oxygen atoms in total. The molecule has 1 fully saturated rings. The lowest BCUT2D eigenvalue weighted by Gasteiger charge is -2.35. The molecule has 0 N–H and O–H groups in total. The minimum atomic E-state index is -0.311. The van der Waals surface area contributed by atoms with E-state index >= 15 is 0 Å². The number of hydrogen-bond acceptors (Lipinski definition) is 7. The number of piperidine rings is 1. The predicted octanol–water partition coefficient (Wildman–Crippen LogP) is 3.52. The zero-order chi connectivity index (χ0) is 28.1. The first-order chi connectivity index (χ1) is 18.8. The lowest BCUT2D eigenvalue weighted by atomic mass is 9.94. The summed E-state index contributed by atoms with van der Waals surface area (Å²) in [6.07, 6.45) is 1.43. The van der Waals surface area contributed by atoms with Gasteiger partial charge in [0.2, 0.25) is 5.91 Å². The van der Waals surface area contributed by atoms with E-state index in [1.165, 1.54) is 4.90 Å². The third kappa shape index (κ3) is 5.88. The van der Waals surface area contributed by atoms with Crippen LogP contribution in [0.5, 0.6) is 11.5 Å². The van der Waals surface area contributed by atoms with Gasteiger partial charge in [0, 0.05) is 50.8 Å². The Hall–Kier alpha value is -3.59. The molecule has 3 amide bonds. The van der Waals surface area contributed by atoms with Crippen LogP contribution in [0.15, 0.2) is 36.4 Å². The standard InChI is InChI=1S/C30H40N4O5/c1-6-32(7-2)18-17-31(3)28(35)21-13-15-33(16-14-21)25-10-8-9-24-27(25)30(37)34(29(24)36)20-22-11-12-23(38-4)19-26(22)39-5/h8-12,19,21H,6-7,13-18,20H2,1-5H3. The van der Waals surface area contributed by atoms with Crippen LogP contribution in [-0.2, 0) is 11.3 Å². The van der Waals surface area contributed by atoms with E-state index in [2.05, 4.69) is 23.6 Å². The molecule has 2 aromatic rings. The lowest BCUT2D eigenvalue weighted by Crippen LogP contribution is -2.43. The topological polar surface area (TPSA) is 82.6 Å². The van der Waals surface area contributed by atoms with Gasteiger partial charge in [0.1, 0.15) is 11.5 Å². The molecule has 2 aliphatic heterocycles. The summed E-state index contributed by atoms with van der Waals surface area (Å²) in [5.74, 6) is 0.728. The zero-order valence-electron chi connectivity index (χ0n) is 23.7. The number of carbonyl (C=O) groups excluding carboxylic acids is 3. The van der Waals surface area contributed by atoms with Crippen LogP contribution in [0.2, 0.25) is 0 Å². The van der Waals surface area contributed by atoms with Gasteiger partial charge < -0.3 is 24.2 Å². The van der Waals surface area contributed by atoms with E-state index < -0.39 is 0 Å². The molecule has 0 aliphatic carbocycles. The molecule has 1 saturated heterocycles. The van der Waals surface area contributed by atoms with Gasteiger partial charge in [0.05, 0.1) is 37.6 Å². The molecule has 2 heterocycles. The predicted molar refractivity (Wildman–Crippen MR) is 151 cm³/mol. The van der Waals surface area contributed by atoms with Crippen LogP contribution in [0.25, 0.3) is 0 Å². The van der Waals surface area contributed by atoms with E-state index in [0.29, 0.717) is 48.6 Å². The van der Waals surface area contributed by atoms with Crippen LogP contribution < -0.4 is 14.4 Å².